The molecule has 1 atom stereocenters. The van der Waals surface area contributed by atoms with E-state index in [1.165, 1.54) is 0 Å². The summed E-state index contributed by atoms with van der Waals surface area (Å²) in [6.45, 7) is 6.57. The van der Waals surface area contributed by atoms with Gasteiger partial charge in [0.25, 0.3) is 0 Å². The average molecular weight is 412 g/mol. The smallest absolute Gasteiger partial charge is 0.242 e. The summed E-state index contributed by atoms with van der Waals surface area (Å²) in [5.74, 6) is -0.312. The first kappa shape index (κ1) is 24.9. The number of piperazine rings is 1. The first-order valence-electron chi connectivity index (χ1n) is 8.69. The van der Waals surface area contributed by atoms with Crippen LogP contribution in [0.25, 0.3) is 0 Å². The molecule has 8 nitrogen and oxygen atoms in total. The van der Waals surface area contributed by atoms with Crippen LogP contribution in [0.15, 0.2) is 0 Å². The van der Waals surface area contributed by atoms with Gasteiger partial charge in [0.2, 0.25) is 17.7 Å². The predicted octanol–water partition coefficient (Wildman–Crippen LogP) is -0.648. The molecule has 1 heterocycles. The summed E-state index contributed by atoms with van der Waals surface area (Å²) in [4.78, 5) is 39.5. The van der Waals surface area contributed by atoms with Crippen molar-refractivity contribution >= 4 is 42.5 Å². The van der Waals surface area contributed by atoms with Gasteiger partial charge in [-0.05, 0) is 18.8 Å². The summed E-state index contributed by atoms with van der Waals surface area (Å²) in [5.41, 5.74) is 5.75. The molecule has 2 aliphatic rings. The summed E-state index contributed by atoms with van der Waals surface area (Å²) in [6, 6.07) is -0.221. The van der Waals surface area contributed by atoms with Gasteiger partial charge in [-0.1, -0.05) is 13.8 Å². The molecule has 2 fully saturated rings. The maximum Gasteiger partial charge on any atom is 0.242 e. The Morgan fingerprint density at radius 3 is 2.15 bits per heavy atom. The lowest BCUT2D eigenvalue weighted by atomic mass is 10.1. The van der Waals surface area contributed by atoms with E-state index in [1.807, 2.05) is 13.8 Å². The lowest BCUT2D eigenvalue weighted by Crippen LogP contribution is -2.54. The van der Waals surface area contributed by atoms with Gasteiger partial charge in [-0.3, -0.25) is 19.3 Å². The number of carbonyl (C=O) groups excluding carboxylic acids is 3. The van der Waals surface area contributed by atoms with Crippen molar-refractivity contribution in [1.29, 1.82) is 0 Å². The van der Waals surface area contributed by atoms with Crippen LogP contribution in [0.2, 0.25) is 0 Å². The van der Waals surface area contributed by atoms with Crippen LogP contribution in [0.4, 0.5) is 0 Å². The minimum Gasteiger partial charge on any atom is -0.352 e. The molecule has 1 saturated heterocycles. The van der Waals surface area contributed by atoms with Crippen LogP contribution in [-0.4, -0.2) is 78.9 Å². The zero-order valence-electron chi connectivity index (χ0n) is 15.4. The van der Waals surface area contributed by atoms with Crippen molar-refractivity contribution in [3.8, 4) is 0 Å². The Kier molecular flexibility index (Phi) is 11.1. The van der Waals surface area contributed by atoms with Crippen LogP contribution in [0, 0.1) is 5.92 Å². The van der Waals surface area contributed by atoms with E-state index in [2.05, 4.69) is 15.5 Å². The second kappa shape index (κ2) is 11.6. The number of rotatable bonds is 7. The zero-order valence-corrected chi connectivity index (χ0v) is 17.0. The van der Waals surface area contributed by atoms with Gasteiger partial charge >= 0.3 is 0 Å². The maximum atomic E-state index is 12.2. The first-order chi connectivity index (χ1) is 11.4. The predicted molar refractivity (Wildman–Crippen MR) is 105 cm³/mol. The lowest BCUT2D eigenvalue weighted by molar-refractivity contribution is -0.135. The molecule has 26 heavy (non-hydrogen) atoms. The highest BCUT2D eigenvalue weighted by Gasteiger charge is 2.26. The summed E-state index contributed by atoms with van der Waals surface area (Å²) < 4.78 is 0. The molecule has 0 aromatic heterocycles. The molecule has 0 aromatic rings. The fraction of sp³-hybridized carbons (Fsp3) is 0.812. The number of nitrogens with two attached hydrogens (primary N) is 1. The van der Waals surface area contributed by atoms with E-state index in [0.29, 0.717) is 38.8 Å². The molecule has 0 unspecified atom stereocenters. The maximum absolute atomic E-state index is 12.2. The van der Waals surface area contributed by atoms with E-state index < -0.39 is 6.04 Å². The second-order valence-corrected chi connectivity index (χ2v) is 6.99. The van der Waals surface area contributed by atoms with Crippen LogP contribution in [-0.2, 0) is 14.4 Å². The topological polar surface area (TPSA) is 108 Å². The van der Waals surface area contributed by atoms with Gasteiger partial charge in [-0.15, -0.1) is 24.8 Å². The minimum atomic E-state index is -0.598. The van der Waals surface area contributed by atoms with Gasteiger partial charge < -0.3 is 21.3 Å². The summed E-state index contributed by atoms with van der Waals surface area (Å²) in [7, 11) is 0. The number of nitrogens with zero attached hydrogens (tertiary/aromatic N) is 2. The molecular weight excluding hydrogens is 381 g/mol. The summed E-state index contributed by atoms with van der Waals surface area (Å²) in [5, 5.41) is 5.57. The standard InChI is InChI=1S/C16H29N5O3.2ClH/c1-11(2)15(17)16(24)18-9-14(23)21-7-5-20(6-8-21)10-13(22)19-12-3-4-12;;/h11-12,15H,3-10,17H2,1-2H3,(H,18,24)(H,19,22);2*1H/t15-;;/m0../s1. The van der Waals surface area contributed by atoms with Crippen molar-refractivity contribution in [1.82, 2.24) is 20.4 Å². The van der Waals surface area contributed by atoms with E-state index in [-0.39, 0.29) is 55.0 Å². The van der Waals surface area contributed by atoms with Crippen LogP contribution in [0.3, 0.4) is 0 Å². The number of nitrogens with one attached hydrogen (secondary N) is 2. The van der Waals surface area contributed by atoms with Crippen molar-refractivity contribution in [3.63, 3.8) is 0 Å². The van der Waals surface area contributed by atoms with Crippen molar-refractivity contribution < 1.29 is 14.4 Å². The largest absolute Gasteiger partial charge is 0.352 e. The van der Waals surface area contributed by atoms with E-state index >= 15 is 0 Å². The number of hydrogen-bond acceptors (Lipinski definition) is 5. The Balaban J connectivity index is 0.00000312. The van der Waals surface area contributed by atoms with Crippen LogP contribution in [0.5, 0.6) is 0 Å². The van der Waals surface area contributed by atoms with Crippen molar-refractivity contribution in [2.75, 3.05) is 39.3 Å². The molecule has 10 heteroatoms. The molecule has 0 spiro atoms. The molecule has 152 valence electrons. The third-order valence-corrected chi connectivity index (χ3v) is 4.47. The van der Waals surface area contributed by atoms with Gasteiger partial charge in [0.05, 0.1) is 19.1 Å². The number of carbonyl (C=O) groups is 3. The van der Waals surface area contributed by atoms with Gasteiger partial charge in [0.1, 0.15) is 0 Å². The Morgan fingerprint density at radius 2 is 1.65 bits per heavy atom. The molecule has 4 N–H and O–H groups in total. The highest BCUT2D eigenvalue weighted by atomic mass is 35.5. The van der Waals surface area contributed by atoms with Crippen molar-refractivity contribution in [3.05, 3.63) is 0 Å². The average Bonchev–Trinajstić information content (AvgIpc) is 3.35. The van der Waals surface area contributed by atoms with E-state index in [4.69, 9.17) is 5.73 Å². The Hall–Kier alpha value is -1.09. The molecule has 1 aliphatic carbocycles. The normalized spacial score (nSPS) is 18.4. The molecule has 3 amide bonds. The van der Waals surface area contributed by atoms with Crippen LogP contribution >= 0.6 is 24.8 Å². The Morgan fingerprint density at radius 1 is 1.08 bits per heavy atom. The van der Waals surface area contributed by atoms with Crippen LogP contribution in [0.1, 0.15) is 26.7 Å². The summed E-state index contributed by atoms with van der Waals surface area (Å²) >= 11 is 0. The Bertz CT molecular complexity index is 481. The van der Waals surface area contributed by atoms with E-state index in [1.54, 1.807) is 4.90 Å². The van der Waals surface area contributed by atoms with Crippen molar-refractivity contribution in [2.24, 2.45) is 11.7 Å². The van der Waals surface area contributed by atoms with Crippen molar-refractivity contribution in [2.45, 2.75) is 38.8 Å². The molecule has 2 rings (SSSR count). The molecule has 0 aromatic carbocycles. The fourth-order valence-electron chi connectivity index (χ4n) is 2.55. The molecule has 1 saturated carbocycles. The van der Waals surface area contributed by atoms with Crippen LogP contribution < -0.4 is 16.4 Å². The number of amides is 3. The minimum absolute atomic E-state index is 0. The highest BCUT2D eigenvalue weighted by Crippen LogP contribution is 2.18. The second-order valence-electron chi connectivity index (χ2n) is 6.99. The highest BCUT2D eigenvalue weighted by molar-refractivity contribution is 5.87. The third kappa shape index (κ3) is 8.07. The summed E-state index contributed by atoms with van der Waals surface area (Å²) in [6.07, 6.45) is 2.17. The van der Waals surface area contributed by atoms with Gasteiger partial charge in [-0.2, -0.15) is 0 Å². The zero-order chi connectivity index (χ0) is 17.7. The molecule has 0 radical (unpaired) electrons. The van der Waals surface area contributed by atoms with Gasteiger partial charge in [0.15, 0.2) is 0 Å². The fourth-order valence-corrected chi connectivity index (χ4v) is 2.55. The number of hydrogen-bond donors (Lipinski definition) is 3. The Labute approximate surface area is 167 Å². The first-order valence-corrected chi connectivity index (χ1v) is 8.69. The monoisotopic (exact) mass is 411 g/mol. The molecule has 1 aliphatic heterocycles. The third-order valence-electron chi connectivity index (χ3n) is 4.47. The van der Waals surface area contributed by atoms with E-state index in [0.717, 1.165) is 12.8 Å². The lowest BCUT2D eigenvalue weighted by Gasteiger charge is -2.34. The number of halogens is 2. The molecule has 0 bridgehead atoms. The van der Waals surface area contributed by atoms with Gasteiger partial charge in [0, 0.05) is 32.2 Å². The quantitative estimate of drug-likeness (QED) is 0.515. The van der Waals surface area contributed by atoms with Gasteiger partial charge in [-0.25, -0.2) is 0 Å². The molecular formula is C16H31Cl2N5O3. The SMILES string of the molecule is CC(C)[C@H](N)C(=O)NCC(=O)N1CCN(CC(=O)NC2CC2)CC1.Cl.Cl. The van der Waals surface area contributed by atoms with E-state index in [9.17, 15) is 14.4 Å².